The van der Waals surface area contributed by atoms with E-state index < -0.39 is 12.0 Å². The van der Waals surface area contributed by atoms with Crippen molar-refractivity contribution >= 4 is 11.6 Å². The van der Waals surface area contributed by atoms with Gasteiger partial charge in [0, 0.05) is 0 Å². The highest BCUT2D eigenvalue weighted by Gasteiger charge is 2.31. The normalized spacial score (nSPS) is 9.55. The van der Waals surface area contributed by atoms with Gasteiger partial charge in [0.15, 0.2) is 5.84 Å². The first-order valence-electron chi connectivity index (χ1n) is 2.56. The molecule has 0 radical (unpaired) electrons. The van der Waals surface area contributed by atoms with Gasteiger partial charge in [-0.05, 0) is 13.8 Å². The van der Waals surface area contributed by atoms with Gasteiger partial charge in [-0.3, -0.25) is 5.41 Å². The van der Waals surface area contributed by atoms with E-state index in [1.807, 2.05) is 0 Å². The Hall–Kier alpha value is -1.07. The van der Waals surface area contributed by atoms with Gasteiger partial charge in [-0.25, -0.2) is 0 Å². The van der Waals surface area contributed by atoms with E-state index in [9.17, 15) is 18.0 Å². The third-order valence-electron chi connectivity index (χ3n) is 0.305. The van der Waals surface area contributed by atoms with Crippen LogP contribution in [-0.4, -0.2) is 17.8 Å². The Morgan fingerprint density at radius 3 is 1.45 bits per heavy atom. The number of carbonyl (C=O) groups excluding carboxylic acids is 1. The Morgan fingerprint density at radius 2 is 1.45 bits per heavy atom. The molecule has 0 fully saturated rings. The molecule has 3 nitrogen and oxygen atoms in total. The van der Waals surface area contributed by atoms with Crippen molar-refractivity contribution in [3.8, 4) is 0 Å². The molecule has 0 aromatic rings. The highest BCUT2D eigenvalue weighted by Crippen LogP contribution is 2.12. The third-order valence-corrected chi connectivity index (χ3v) is 0.305. The lowest BCUT2D eigenvalue weighted by molar-refractivity contribution is -0.115. The van der Waals surface area contributed by atoms with Crippen molar-refractivity contribution < 1.29 is 18.0 Å². The average Bonchev–Trinajstić information content (AvgIpc) is 1.59. The molecule has 0 aliphatic heterocycles. The summed E-state index contributed by atoms with van der Waals surface area (Å²) in [5, 5.41) is 5.80. The minimum Gasteiger partial charge on any atom is -0.380 e. The number of ketones is 1. The topological polar surface area (TPSA) is 66.9 Å². The SMILES string of the molecule is CC(C)=O.N=C(N)C(F)(F)F. The second-order valence-electron chi connectivity index (χ2n) is 1.82. The highest BCUT2D eigenvalue weighted by atomic mass is 19.4. The van der Waals surface area contributed by atoms with E-state index in [2.05, 4.69) is 5.73 Å². The van der Waals surface area contributed by atoms with Gasteiger partial charge in [-0.2, -0.15) is 13.2 Å². The van der Waals surface area contributed by atoms with E-state index in [4.69, 9.17) is 5.41 Å². The van der Waals surface area contributed by atoms with E-state index in [0.717, 1.165) is 0 Å². The minimum absolute atomic E-state index is 0.167. The number of halogens is 3. The summed E-state index contributed by atoms with van der Waals surface area (Å²) in [6.45, 7) is 3.06. The van der Waals surface area contributed by atoms with Crippen LogP contribution in [0.2, 0.25) is 0 Å². The van der Waals surface area contributed by atoms with Crippen LogP contribution in [0, 0.1) is 5.41 Å². The zero-order valence-corrected chi connectivity index (χ0v) is 6.12. The maximum atomic E-state index is 10.8. The quantitative estimate of drug-likeness (QED) is 0.422. The number of amidine groups is 1. The van der Waals surface area contributed by atoms with Crippen LogP contribution in [0.1, 0.15) is 13.8 Å². The molecule has 0 aromatic heterocycles. The molecular weight excluding hydrogens is 161 g/mol. The summed E-state index contributed by atoms with van der Waals surface area (Å²) in [4.78, 5) is 9.44. The number of alkyl halides is 3. The lowest BCUT2D eigenvalue weighted by Gasteiger charge is -1.98. The molecule has 0 rings (SSSR count). The zero-order chi connectivity index (χ0) is 9.65. The Kier molecular flexibility index (Phi) is 5.38. The van der Waals surface area contributed by atoms with Crippen molar-refractivity contribution in [3.63, 3.8) is 0 Å². The number of rotatable bonds is 0. The molecule has 0 spiro atoms. The molecule has 3 N–H and O–H groups in total. The standard InChI is InChI=1S/C3H6O.C2H3F3N2/c1-3(2)4;3-2(4,5)1(6)7/h1-2H3;(H3,6,7). The van der Waals surface area contributed by atoms with Crippen LogP contribution < -0.4 is 5.73 Å². The van der Waals surface area contributed by atoms with E-state index in [1.165, 1.54) is 13.8 Å². The van der Waals surface area contributed by atoms with Gasteiger partial charge in [-0.1, -0.05) is 0 Å². The molecule has 6 heteroatoms. The van der Waals surface area contributed by atoms with Gasteiger partial charge in [0.25, 0.3) is 0 Å². The van der Waals surface area contributed by atoms with E-state index >= 15 is 0 Å². The molecule has 0 unspecified atom stereocenters. The highest BCUT2D eigenvalue weighted by molar-refractivity contribution is 5.82. The second-order valence-corrected chi connectivity index (χ2v) is 1.82. The average molecular weight is 170 g/mol. The number of hydrogen-bond acceptors (Lipinski definition) is 2. The predicted molar refractivity (Wildman–Crippen MR) is 34.3 cm³/mol. The monoisotopic (exact) mass is 170 g/mol. The minimum atomic E-state index is -4.64. The predicted octanol–water partition coefficient (Wildman–Crippen LogP) is 1.08. The zero-order valence-electron chi connectivity index (χ0n) is 6.12. The number of nitrogens with two attached hydrogens (primary N) is 1. The number of carbonyl (C=O) groups is 1. The van der Waals surface area contributed by atoms with Crippen molar-refractivity contribution in [2.75, 3.05) is 0 Å². The molecule has 0 amide bonds. The van der Waals surface area contributed by atoms with Crippen LogP contribution in [0.3, 0.4) is 0 Å². The van der Waals surface area contributed by atoms with Gasteiger partial charge in [0.1, 0.15) is 5.78 Å². The van der Waals surface area contributed by atoms with Crippen LogP contribution in [0.25, 0.3) is 0 Å². The molecule has 0 heterocycles. The number of hydrogen-bond donors (Lipinski definition) is 2. The van der Waals surface area contributed by atoms with Crippen molar-refractivity contribution in [1.29, 1.82) is 5.41 Å². The van der Waals surface area contributed by atoms with E-state index in [1.54, 1.807) is 0 Å². The maximum absolute atomic E-state index is 10.8. The van der Waals surface area contributed by atoms with Crippen molar-refractivity contribution in [2.45, 2.75) is 20.0 Å². The maximum Gasteiger partial charge on any atom is 0.448 e. The lowest BCUT2D eigenvalue weighted by atomic mass is 10.6. The summed E-state index contributed by atoms with van der Waals surface area (Å²) in [6, 6.07) is 0. The van der Waals surface area contributed by atoms with Gasteiger partial charge < -0.3 is 10.5 Å². The Labute approximate surface area is 61.9 Å². The molecule has 0 aliphatic rings. The van der Waals surface area contributed by atoms with Crippen LogP contribution in [0.4, 0.5) is 13.2 Å². The van der Waals surface area contributed by atoms with Crippen molar-refractivity contribution in [3.05, 3.63) is 0 Å². The van der Waals surface area contributed by atoms with Gasteiger partial charge >= 0.3 is 6.18 Å². The van der Waals surface area contributed by atoms with Gasteiger partial charge in [0.2, 0.25) is 0 Å². The van der Waals surface area contributed by atoms with Crippen LogP contribution in [-0.2, 0) is 4.79 Å². The summed E-state index contributed by atoms with van der Waals surface area (Å²) in [5.41, 5.74) is 4.03. The largest absolute Gasteiger partial charge is 0.448 e. The molecule has 0 saturated heterocycles. The molecule has 11 heavy (non-hydrogen) atoms. The third kappa shape index (κ3) is 17.6. The molecule has 0 atom stereocenters. The van der Waals surface area contributed by atoms with Gasteiger partial charge in [-0.15, -0.1) is 0 Å². The fourth-order valence-corrected chi connectivity index (χ4v) is 0. The summed E-state index contributed by atoms with van der Waals surface area (Å²) in [7, 11) is 0. The Balaban J connectivity index is 0. The second kappa shape index (κ2) is 4.70. The first-order chi connectivity index (χ1) is 4.68. The summed E-state index contributed by atoms with van der Waals surface area (Å²) in [5.74, 6) is -1.59. The fourth-order valence-electron chi connectivity index (χ4n) is 0. The van der Waals surface area contributed by atoms with E-state index in [0.29, 0.717) is 0 Å². The van der Waals surface area contributed by atoms with Crippen LogP contribution >= 0.6 is 0 Å². The van der Waals surface area contributed by atoms with Crippen molar-refractivity contribution in [2.24, 2.45) is 5.73 Å². The molecule has 66 valence electrons. The van der Waals surface area contributed by atoms with Crippen molar-refractivity contribution in [1.82, 2.24) is 0 Å². The first kappa shape index (κ1) is 12.6. The summed E-state index contributed by atoms with van der Waals surface area (Å²) in [6.07, 6.45) is -4.64. The Bertz CT molecular complexity index is 148. The molecule has 0 bridgehead atoms. The first-order valence-corrected chi connectivity index (χ1v) is 2.56. The van der Waals surface area contributed by atoms with E-state index in [-0.39, 0.29) is 5.78 Å². The summed E-state index contributed by atoms with van der Waals surface area (Å²) < 4.78 is 32.5. The Morgan fingerprint density at radius 1 is 1.36 bits per heavy atom. The number of nitrogens with one attached hydrogen (secondary N) is 1. The van der Waals surface area contributed by atoms with Crippen LogP contribution in [0.5, 0.6) is 0 Å². The fraction of sp³-hybridized carbons (Fsp3) is 0.600. The molecular formula is C5H9F3N2O. The molecule has 0 aromatic carbocycles. The van der Waals surface area contributed by atoms with Crippen LogP contribution in [0.15, 0.2) is 0 Å². The smallest absolute Gasteiger partial charge is 0.380 e. The van der Waals surface area contributed by atoms with Gasteiger partial charge in [0.05, 0.1) is 0 Å². The lowest BCUT2D eigenvalue weighted by Crippen LogP contribution is -2.29. The molecule has 0 saturated carbocycles. The molecule has 0 aliphatic carbocycles. The number of Topliss-reactive ketones (excluding diaryl/α,β-unsaturated/α-hetero) is 1. The summed E-state index contributed by atoms with van der Waals surface area (Å²) >= 11 is 0.